The Kier molecular flexibility index (Phi) is 7.38. The standard InChI is InChI=1S/C37H53ClO5/c1-32(2)16-18-37(31(42)43-21-22-8-10-23(38)11-9-22)19-17-34(5)24(25(37)20-32)12-13-27-35(34,6)15-14-26-33(3,4)29(40)28(39)30(41)36(26,27)7/h8-12,25-30,39-41H,13-21H2,1-7H3/t25-,26-,27-,28+,29-,30-,34+,35+,36-,37-/m0/s1. The quantitative estimate of drug-likeness (QED) is 0.243. The van der Waals surface area contributed by atoms with E-state index in [4.69, 9.17) is 16.3 Å². The van der Waals surface area contributed by atoms with Crippen LogP contribution in [0.1, 0.15) is 105 Å². The summed E-state index contributed by atoms with van der Waals surface area (Å²) in [4.78, 5) is 14.2. The summed E-state index contributed by atoms with van der Waals surface area (Å²) in [7, 11) is 0. The van der Waals surface area contributed by atoms with Gasteiger partial charge >= 0.3 is 5.97 Å². The summed E-state index contributed by atoms with van der Waals surface area (Å²) in [5.74, 6) is 0.320. The summed E-state index contributed by atoms with van der Waals surface area (Å²) in [5.41, 5.74) is 0.719. The number of rotatable bonds is 3. The van der Waals surface area contributed by atoms with Gasteiger partial charge in [0, 0.05) is 10.4 Å². The second kappa shape index (κ2) is 10.0. The normalized spacial score (nSPS) is 46.3. The van der Waals surface area contributed by atoms with Crippen molar-refractivity contribution in [2.75, 3.05) is 0 Å². The van der Waals surface area contributed by atoms with Crippen molar-refractivity contribution in [1.29, 1.82) is 0 Å². The van der Waals surface area contributed by atoms with Crippen molar-refractivity contribution < 1.29 is 24.9 Å². The average molecular weight is 613 g/mol. The molecule has 6 rings (SSSR count). The highest BCUT2D eigenvalue weighted by molar-refractivity contribution is 6.30. The van der Waals surface area contributed by atoms with Crippen molar-refractivity contribution >= 4 is 17.6 Å². The molecule has 3 N–H and O–H groups in total. The zero-order valence-corrected chi connectivity index (χ0v) is 28.0. The summed E-state index contributed by atoms with van der Waals surface area (Å²) >= 11 is 6.08. The van der Waals surface area contributed by atoms with Gasteiger partial charge in [-0.3, -0.25) is 4.79 Å². The van der Waals surface area contributed by atoms with Gasteiger partial charge in [-0.2, -0.15) is 0 Å². The SMILES string of the molecule is CC1(C)CC[C@]2(C(=O)OCc3ccc(Cl)cc3)CC[C@]3(C)C(=CC[C@@H]4[C@@]5(C)[C@@H](O)[C@H](O)[C@H](O)C(C)(C)[C@@H]5CC[C@]43C)[C@@H]2C1. The third kappa shape index (κ3) is 4.30. The molecule has 6 heteroatoms. The van der Waals surface area contributed by atoms with Gasteiger partial charge in [-0.05, 0) is 108 Å². The van der Waals surface area contributed by atoms with Crippen LogP contribution in [-0.2, 0) is 16.1 Å². The van der Waals surface area contributed by atoms with Crippen LogP contribution in [0.4, 0.5) is 0 Å². The molecule has 4 saturated carbocycles. The second-order valence-electron chi connectivity index (χ2n) is 17.1. The number of halogens is 1. The zero-order chi connectivity index (χ0) is 31.4. The van der Waals surface area contributed by atoms with Crippen LogP contribution in [0.15, 0.2) is 35.9 Å². The molecule has 0 aromatic heterocycles. The fourth-order valence-corrected chi connectivity index (χ4v) is 11.7. The van der Waals surface area contributed by atoms with Gasteiger partial charge in [-0.1, -0.05) is 83.8 Å². The maximum Gasteiger partial charge on any atom is 0.313 e. The number of carbonyl (C=O) groups excluding carboxylic acids is 1. The van der Waals surface area contributed by atoms with Crippen LogP contribution >= 0.6 is 11.6 Å². The van der Waals surface area contributed by atoms with Crippen molar-refractivity contribution in [1.82, 2.24) is 0 Å². The molecule has 0 saturated heterocycles. The lowest BCUT2D eigenvalue weighted by molar-refractivity contribution is -0.278. The summed E-state index contributed by atoms with van der Waals surface area (Å²) in [5, 5.41) is 34.6. The average Bonchev–Trinajstić information content (AvgIpc) is 2.95. The van der Waals surface area contributed by atoms with Crippen LogP contribution in [0.3, 0.4) is 0 Å². The Bertz CT molecular complexity index is 1300. The van der Waals surface area contributed by atoms with Crippen LogP contribution in [0.5, 0.6) is 0 Å². The molecule has 0 heterocycles. The summed E-state index contributed by atoms with van der Waals surface area (Å²) in [6.07, 6.45) is 6.61. The lowest BCUT2D eigenvalue weighted by atomic mass is 9.33. The molecule has 0 unspecified atom stereocenters. The lowest BCUT2D eigenvalue weighted by Gasteiger charge is -2.72. The highest BCUT2D eigenvalue weighted by Gasteiger charge is 2.72. The third-order valence-electron chi connectivity index (χ3n) is 14.4. The molecule has 0 radical (unpaired) electrons. The molecule has 1 aromatic carbocycles. The van der Waals surface area contributed by atoms with Crippen LogP contribution in [-0.4, -0.2) is 39.6 Å². The van der Waals surface area contributed by atoms with Crippen molar-refractivity contribution in [2.24, 2.45) is 50.2 Å². The van der Waals surface area contributed by atoms with Gasteiger partial charge in [0.15, 0.2) is 0 Å². The first-order valence-electron chi connectivity index (χ1n) is 16.6. The Morgan fingerprint density at radius 1 is 0.884 bits per heavy atom. The monoisotopic (exact) mass is 612 g/mol. The molecule has 5 aliphatic rings. The first kappa shape index (κ1) is 31.6. The fourth-order valence-electron chi connectivity index (χ4n) is 11.5. The number of hydrogen-bond donors (Lipinski definition) is 3. The molecule has 0 aliphatic heterocycles. The smallest absolute Gasteiger partial charge is 0.313 e. The van der Waals surface area contributed by atoms with Gasteiger partial charge in [0.05, 0.1) is 17.6 Å². The highest BCUT2D eigenvalue weighted by atomic mass is 35.5. The van der Waals surface area contributed by atoms with Crippen LogP contribution in [0.25, 0.3) is 0 Å². The number of esters is 1. The predicted octanol–water partition coefficient (Wildman–Crippen LogP) is 7.49. The maximum absolute atomic E-state index is 14.2. The van der Waals surface area contributed by atoms with Gasteiger partial charge < -0.3 is 20.1 Å². The molecule has 5 nitrogen and oxygen atoms in total. The molecule has 1 aromatic rings. The Labute approximate surface area is 263 Å². The Morgan fingerprint density at radius 3 is 2.21 bits per heavy atom. The Balaban J connectivity index is 1.38. The molecule has 10 atom stereocenters. The van der Waals surface area contributed by atoms with E-state index < -0.39 is 34.6 Å². The molecule has 43 heavy (non-hydrogen) atoms. The number of aliphatic hydroxyl groups is 3. The number of aliphatic hydroxyl groups excluding tert-OH is 3. The number of carbonyl (C=O) groups is 1. The van der Waals surface area contributed by atoms with Crippen molar-refractivity contribution in [3.63, 3.8) is 0 Å². The second-order valence-corrected chi connectivity index (χ2v) is 17.6. The van der Waals surface area contributed by atoms with Gasteiger partial charge in [0.1, 0.15) is 12.7 Å². The van der Waals surface area contributed by atoms with Gasteiger partial charge in [-0.15, -0.1) is 0 Å². The van der Waals surface area contributed by atoms with E-state index >= 15 is 0 Å². The van der Waals surface area contributed by atoms with Crippen molar-refractivity contribution in [3.8, 4) is 0 Å². The Hall–Kier alpha value is -1.40. The number of hydrogen-bond acceptors (Lipinski definition) is 5. The summed E-state index contributed by atoms with van der Waals surface area (Å²) < 4.78 is 6.13. The maximum atomic E-state index is 14.2. The fraction of sp³-hybridized carbons (Fsp3) is 0.757. The molecule has 4 fully saturated rings. The van der Waals surface area contributed by atoms with E-state index in [1.165, 1.54) is 5.57 Å². The largest absolute Gasteiger partial charge is 0.460 e. The van der Waals surface area contributed by atoms with Crippen LogP contribution in [0.2, 0.25) is 5.02 Å². The van der Waals surface area contributed by atoms with E-state index in [9.17, 15) is 20.1 Å². The van der Waals surface area contributed by atoms with E-state index in [1.54, 1.807) is 0 Å². The first-order valence-corrected chi connectivity index (χ1v) is 17.0. The summed E-state index contributed by atoms with van der Waals surface area (Å²) in [6.45, 7) is 16.1. The minimum Gasteiger partial charge on any atom is -0.460 e. The topological polar surface area (TPSA) is 87.0 Å². The number of allylic oxidation sites excluding steroid dienone is 2. The molecule has 0 amide bonds. The van der Waals surface area contributed by atoms with Gasteiger partial charge in [0.2, 0.25) is 0 Å². The van der Waals surface area contributed by atoms with E-state index in [0.717, 1.165) is 56.9 Å². The van der Waals surface area contributed by atoms with E-state index in [-0.39, 0.29) is 46.6 Å². The van der Waals surface area contributed by atoms with Crippen LogP contribution < -0.4 is 0 Å². The third-order valence-corrected chi connectivity index (χ3v) is 14.7. The van der Waals surface area contributed by atoms with Crippen LogP contribution in [0, 0.1) is 50.2 Å². The predicted molar refractivity (Wildman–Crippen MR) is 169 cm³/mol. The molecule has 238 valence electrons. The minimum absolute atomic E-state index is 0.0598. The Morgan fingerprint density at radius 2 is 1.53 bits per heavy atom. The van der Waals surface area contributed by atoms with E-state index in [1.807, 2.05) is 24.3 Å². The lowest BCUT2D eigenvalue weighted by Crippen LogP contribution is -2.72. The zero-order valence-electron chi connectivity index (χ0n) is 27.3. The number of ether oxygens (including phenoxy) is 1. The van der Waals surface area contributed by atoms with Gasteiger partial charge in [0.25, 0.3) is 0 Å². The highest BCUT2D eigenvalue weighted by Crippen LogP contribution is 2.75. The number of fused-ring (bicyclic) bond motifs is 7. The molecule has 0 bridgehead atoms. The molecule has 5 aliphatic carbocycles. The molecule has 0 spiro atoms. The minimum atomic E-state index is -1.16. The van der Waals surface area contributed by atoms with Crippen molar-refractivity contribution in [2.45, 2.75) is 125 Å². The van der Waals surface area contributed by atoms with E-state index in [0.29, 0.717) is 5.02 Å². The number of benzene rings is 1. The van der Waals surface area contributed by atoms with E-state index in [2.05, 4.69) is 54.5 Å². The molecular formula is C37H53ClO5. The first-order chi connectivity index (χ1) is 19.9. The summed E-state index contributed by atoms with van der Waals surface area (Å²) in [6, 6.07) is 7.52. The molecular weight excluding hydrogens is 560 g/mol. The van der Waals surface area contributed by atoms with Gasteiger partial charge in [-0.25, -0.2) is 0 Å². The van der Waals surface area contributed by atoms with Crippen molar-refractivity contribution in [3.05, 3.63) is 46.5 Å².